The normalized spacial score (nSPS) is 15.9. The number of benzene rings is 2. The zero-order valence-electron chi connectivity index (χ0n) is 17.0. The van der Waals surface area contributed by atoms with Gasteiger partial charge in [0.2, 0.25) is 0 Å². The van der Waals surface area contributed by atoms with E-state index in [1.807, 2.05) is 59.5 Å². The standard InChI is InChI=1S/C25H23N5O/c26-21-12-14-30(16-21)25(31)19-7-4-17(5-8-19)20-9-6-18-10-11-24(28-22(18)15-20)29-23-3-1-2-13-27-23/h1-11,13,15,21H,12,14,16,26H2,(H,27,28,29)/t21-/m1/s1. The fourth-order valence-electron chi connectivity index (χ4n) is 3.89. The first-order chi connectivity index (χ1) is 15.2. The van der Waals surface area contributed by atoms with Crippen LogP contribution < -0.4 is 11.1 Å². The third-order valence-corrected chi connectivity index (χ3v) is 5.59. The maximum atomic E-state index is 12.7. The third-order valence-electron chi connectivity index (χ3n) is 5.59. The van der Waals surface area contributed by atoms with Crippen LogP contribution in [0.1, 0.15) is 16.8 Å². The van der Waals surface area contributed by atoms with E-state index in [-0.39, 0.29) is 11.9 Å². The Balaban J connectivity index is 1.38. The average molecular weight is 409 g/mol. The molecule has 1 saturated heterocycles. The monoisotopic (exact) mass is 409 g/mol. The fourth-order valence-corrected chi connectivity index (χ4v) is 3.89. The molecule has 1 fully saturated rings. The molecule has 3 heterocycles. The Morgan fingerprint density at radius 3 is 2.52 bits per heavy atom. The highest BCUT2D eigenvalue weighted by Gasteiger charge is 2.24. The van der Waals surface area contributed by atoms with Crippen LogP contribution in [0.5, 0.6) is 0 Å². The zero-order chi connectivity index (χ0) is 21.2. The molecule has 0 saturated carbocycles. The van der Waals surface area contributed by atoms with E-state index in [2.05, 4.69) is 28.5 Å². The van der Waals surface area contributed by atoms with Crippen molar-refractivity contribution in [2.24, 2.45) is 5.73 Å². The van der Waals surface area contributed by atoms with Gasteiger partial charge in [-0.25, -0.2) is 9.97 Å². The number of hydrogen-bond acceptors (Lipinski definition) is 5. The van der Waals surface area contributed by atoms with Crippen LogP contribution in [0.4, 0.5) is 11.6 Å². The van der Waals surface area contributed by atoms with Gasteiger partial charge in [0.1, 0.15) is 11.6 Å². The molecule has 1 aliphatic rings. The molecule has 6 heteroatoms. The Labute approximate surface area is 180 Å². The van der Waals surface area contributed by atoms with Gasteiger partial charge in [0.25, 0.3) is 5.91 Å². The van der Waals surface area contributed by atoms with Crippen LogP contribution in [-0.2, 0) is 0 Å². The Hall–Kier alpha value is -3.77. The van der Waals surface area contributed by atoms with Gasteiger partial charge in [-0.15, -0.1) is 0 Å². The first-order valence-corrected chi connectivity index (χ1v) is 10.4. The molecular weight excluding hydrogens is 386 g/mol. The summed E-state index contributed by atoms with van der Waals surface area (Å²) in [6, 6.07) is 23.7. The molecule has 2 aromatic heterocycles. The van der Waals surface area contributed by atoms with E-state index in [1.165, 1.54) is 0 Å². The van der Waals surface area contributed by atoms with Crippen molar-refractivity contribution < 1.29 is 4.79 Å². The van der Waals surface area contributed by atoms with Crippen molar-refractivity contribution in [2.75, 3.05) is 18.4 Å². The summed E-state index contributed by atoms with van der Waals surface area (Å²) in [5.74, 6) is 1.54. The Kier molecular flexibility index (Phi) is 5.06. The molecule has 6 nitrogen and oxygen atoms in total. The summed E-state index contributed by atoms with van der Waals surface area (Å²) in [4.78, 5) is 23.5. The van der Waals surface area contributed by atoms with Crippen LogP contribution in [0.3, 0.4) is 0 Å². The maximum Gasteiger partial charge on any atom is 0.253 e. The number of nitrogens with one attached hydrogen (secondary N) is 1. The van der Waals surface area contributed by atoms with Gasteiger partial charge in [0.05, 0.1) is 5.52 Å². The fraction of sp³-hybridized carbons (Fsp3) is 0.160. The van der Waals surface area contributed by atoms with E-state index >= 15 is 0 Å². The molecule has 0 radical (unpaired) electrons. The van der Waals surface area contributed by atoms with Gasteiger partial charge in [0.15, 0.2) is 0 Å². The summed E-state index contributed by atoms with van der Waals surface area (Å²) in [5, 5.41) is 4.29. The number of rotatable bonds is 4. The average Bonchev–Trinajstić information content (AvgIpc) is 3.25. The number of carbonyl (C=O) groups is 1. The molecule has 1 aliphatic heterocycles. The molecule has 0 spiro atoms. The predicted octanol–water partition coefficient (Wildman–Crippen LogP) is 4.21. The lowest BCUT2D eigenvalue weighted by Crippen LogP contribution is -2.31. The van der Waals surface area contributed by atoms with Gasteiger partial charge in [0, 0.05) is 36.3 Å². The maximum absolute atomic E-state index is 12.7. The summed E-state index contributed by atoms with van der Waals surface area (Å²) in [6.45, 7) is 1.36. The van der Waals surface area contributed by atoms with Crippen molar-refractivity contribution in [3.63, 3.8) is 0 Å². The topological polar surface area (TPSA) is 84.1 Å². The number of nitrogens with zero attached hydrogens (tertiary/aromatic N) is 3. The SMILES string of the molecule is N[C@@H]1CCN(C(=O)c2ccc(-c3ccc4ccc(Nc5ccccn5)nc4c3)cc2)C1. The van der Waals surface area contributed by atoms with Gasteiger partial charge < -0.3 is 16.0 Å². The van der Waals surface area contributed by atoms with E-state index in [9.17, 15) is 4.79 Å². The molecule has 0 bridgehead atoms. The number of pyridine rings is 2. The van der Waals surface area contributed by atoms with Crippen molar-refractivity contribution in [2.45, 2.75) is 12.5 Å². The van der Waals surface area contributed by atoms with Crippen molar-refractivity contribution in [1.82, 2.24) is 14.9 Å². The molecule has 3 N–H and O–H groups in total. The molecular formula is C25H23N5O. The summed E-state index contributed by atoms with van der Waals surface area (Å²) in [5.41, 5.74) is 9.61. The van der Waals surface area contributed by atoms with E-state index in [0.29, 0.717) is 12.1 Å². The number of likely N-dealkylation sites (tertiary alicyclic amines) is 1. The van der Waals surface area contributed by atoms with E-state index in [1.54, 1.807) is 6.20 Å². The van der Waals surface area contributed by atoms with Crippen molar-refractivity contribution in [3.05, 3.63) is 84.6 Å². The zero-order valence-corrected chi connectivity index (χ0v) is 17.0. The van der Waals surface area contributed by atoms with E-state index in [0.717, 1.165) is 46.6 Å². The summed E-state index contributed by atoms with van der Waals surface area (Å²) >= 11 is 0. The number of fused-ring (bicyclic) bond motifs is 1. The lowest BCUT2D eigenvalue weighted by molar-refractivity contribution is 0.0791. The molecule has 1 atom stereocenters. The Morgan fingerprint density at radius 2 is 1.77 bits per heavy atom. The summed E-state index contributed by atoms with van der Waals surface area (Å²) in [7, 11) is 0. The molecule has 0 aliphatic carbocycles. The van der Waals surface area contributed by atoms with Gasteiger partial charge in [-0.3, -0.25) is 4.79 Å². The highest BCUT2D eigenvalue weighted by atomic mass is 16.2. The summed E-state index contributed by atoms with van der Waals surface area (Å²) < 4.78 is 0. The van der Waals surface area contributed by atoms with E-state index < -0.39 is 0 Å². The lowest BCUT2D eigenvalue weighted by atomic mass is 10.0. The molecule has 1 amide bonds. The minimum atomic E-state index is 0.0462. The van der Waals surface area contributed by atoms with Gasteiger partial charge >= 0.3 is 0 Å². The Morgan fingerprint density at radius 1 is 0.968 bits per heavy atom. The largest absolute Gasteiger partial charge is 0.337 e. The molecule has 4 aromatic rings. The molecule has 31 heavy (non-hydrogen) atoms. The quantitative estimate of drug-likeness (QED) is 0.527. The number of carbonyl (C=O) groups excluding carboxylic acids is 1. The first kappa shape index (κ1) is 19.2. The smallest absolute Gasteiger partial charge is 0.253 e. The van der Waals surface area contributed by atoms with Crippen LogP contribution >= 0.6 is 0 Å². The van der Waals surface area contributed by atoms with Crippen LogP contribution in [0.2, 0.25) is 0 Å². The number of aromatic nitrogens is 2. The number of anilines is 2. The number of hydrogen-bond donors (Lipinski definition) is 2. The highest BCUT2D eigenvalue weighted by Crippen LogP contribution is 2.26. The Bertz CT molecular complexity index is 1220. The third kappa shape index (κ3) is 4.11. The summed E-state index contributed by atoms with van der Waals surface area (Å²) in [6.07, 6.45) is 2.61. The minimum Gasteiger partial charge on any atom is -0.337 e. The van der Waals surface area contributed by atoms with Crippen LogP contribution in [0.25, 0.3) is 22.0 Å². The van der Waals surface area contributed by atoms with Crippen molar-refractivity contribution in [1.29, 1.82) is 0 Å². The molecule has 0 unspecified atom stereocenters. The second-order valence-electron chi connectivity index (χ2n) is 7.82. The van der Waals surface area contributed by atoms with Gasteiger partial charge in [-0.1, -0.05) is 30.3 Å². The van der Waals surface area contributed by atoms with E-state index in [4.69, 9.17) is 10.7 Å². The molecule has 2 aromatic carbocycles. The van der Waals surface area contributed by atoms with Crippen LogP contribution in [-0.4, -0.2) is 39.9 Å². The van der Waals surface area contributed by atoms with Gasteiger partial charge in [-0.2, -0.15) is 0 Å². The van der Waals surface area contributed by atoms with Crippen molar-refractivity contribution in [3.8, 4) is 11.1 Å². The second-order valence-corrected chi connectivity index (χ2v) is 7.82. The first-order valence-electron chi connectivity index (χ1n) is 10.4. The highest BCUT2D eigenvalue weighted by molar-refractivity contribution is 5.95. The van der Waals surface area contributed by atoms with Crippen molar-refractivity contribution >= 4 is 28.4 Å². The number of amides is 1. The molecule has 5 rings (SSSR count). The van der Waals surface area contributed by atoms with Crippen LogP contribution in [0, 0.1) is 0 Å². The minimum absolute atomic E-state index is 0.0462. The second kappa shape index (κ2) is 8.16. The predicted molar refractivity (Wildman–Crippen MR) is 123 cm³/mol. The molecule has 154 valence electrons. The van der Waals surface area contributed by atoms with Gasteiger partial charge in [-0.05, 0) is 60.0 Å². The van der Waals surface area contributed by atoms with Crippen LogP contribution in [0.15, 0.2) is 79.0 Å². The number of nitrogens with two attached hydrogens (primary N) is 1. The lowest BCUT2D eigenvalue weighted by Gasteiger charge is -2.16.